The molecule has 1 aliphatic carbocycles. The van der Waals surface area contributed by atoms with E-state index < -0.39 is 0 Å². The van der Waals surface area contributed by atoms with E-state index in [9.17, 15) is 0 Å². The van der Waals surface area contributed by atoms with Crippen LogP contribution in [0.4, 0.5) is 11.6 Å². The Morgan fingerprint density at radius 2 is 2.00 bits per heavy atom. The molecule has 5 heteroatoms. The van der Waals surface area contributed by atoms with Gasteiger partial charge in [0.2, 0.25) is 0 Å². The molecule has 19 heavy (non-hydrogen) atoms. The molecule has 0 unspecified atom stereocenters. The van der Waals surface area contributed by atoms with Gasteiger partial charge in [0.05, 0.1) is 6.10 Å². The van der Waals surface area contributed by atoms with Crippen LogP contribution in [0.2, 0.25) is 0 Å². The van der Waals surface area contributed by atoms with Gasteiger partial charge in [-0.25, -0.2) is 9.97 Å². The number of hydrogen-bond donors (Lipinski definition) is 2. The van der Waals surface area contributed by atoms with E-state index in [0.717, 1.165) is 36.8 Å². The van der Waals surface area contributed by atoms with E-state index in [2.05, 4.69) is 41.4 Å². The molecular formula is C14H24N4O. The molecule has 0 aromatic carbocycles. The zero-order valence-corrected chi connectivity index (χ0v) is 12.2. The van der Waals surface area contributed by atoms with Gasteiger partial charge < -0.3 is 15.4 Å². The van der Waals surface area contributed by atoms with Crippen molar-refractivity contribution < 1.29 is 4.74 Å². The molecule has 1 aromatic rings. The van der Waals surface area contributed by atoms with Crippen LogP contribution in [-0.4, -0.2) is 35.8 Å². The number of ether oxygens (including phenoxy) is 1. The zero-order valence-electron chi connectivity index (χ0n) is 12.2. The Kier molecular flexibility index (Phi) is 4.58. The number of methoxy groups -OCH3 is 1. The summed E-state index contributed by atoms with van der Waals surface area (Å²) in [6, 6.07) is 2.45. The van der Waals surface area contributed by atoms with Crippen LogP contribution in [-0.2, 0) is 4.74 Å². The van der Waals surface area contributed by atoms with Crippen molar-refractivity contribution in [3.05, 3.63) is 11.9 Å². The van der Waals surface area contributed by atoms with Crippen molar-refractivity contribution in [2.75, 3.05) is 24.3 Å². The van der Waals surface area contributed by atoms with Crippen LogP contribution >= 0.6 is 0 Å². The van der Waals surface area contributed by atoms with Crippen LogP contribution in [0.3, 0.4) is 0 Å². The summed E-state index contributed by atoms with van der Waals surface area (Å²) in [6.07, 6.45) is 2.50. The Morgan fingerprint density at radius 1 is 1.32 bits per heavy atom. The molecule has 0 spiro atoms. The minimum Gasteiger partial charge on any atom is -0.381 e. The lowest BCUT2D eigenvalue weighted by atomic mass is 9.89. The quantitative estimate of drug-likeness (QED) is 0.827. The molecule has 1 heterocycles. The molecule has 1 aliphatic rings. The highest BCUT2D eigenvalue weighted by Crippen LogP contribution is 2.26. The second kappa shape index (κ2) is 6.19. The van der Waals surface area contributed by atoms with Crippen LogP contribution in [0.1, 0.15) is 45.4 Å². The Hall–Kier alpha value is -1.36. The van der Waals surface area contributed by atoms with Crippen molar-refractivity contribution in [2.24, 2.45) is 0 Å². The summed E-state index contributed by atoms with van der Waals surface area (Å²) < 4.78 is 5.29. The Morgan fingerprint density at radius 3 is 2.58 bits per heavy atom. The van der Waals surface area contributed by atoms with E-state index in [1.807, 2.05) is 6.07 Å². The standard InChI is InChI=1S/C14H24N4O/c1-5-15-12-8-13(18-14(17-12)9(2)3)16-10-6-11(7-10)19-4/h8-11H,5-7H2,1-4H3,(H2,15,16,17,18). The van der Waals surface area contributed by atoms with Gasteiger partial charge in [0.15, 0.2) is 0 Å². The number of rotatable bonds is 6. The Labute approximate surface area is 115 Å². The smallest absolute Gasteiger partial charge is 0.135 e. The number of hydrogen-bond acceptors (Lipinski definition) is 5. The molecule has 1 aromatic heterocycles. The monoisotopic (exact) mass is 264 g/mol. The van der Waals surface area contributed by atoms with E-state index in [4.69, 9.17) is 4.74 Å². The van der Waals surface area contributed by atoms with Gasteiger partial charge in [0.25, 0.3) is 0 Å². The van der Waals surface area contributed by atoms with Crippen molar-refractivity contribution in [2.45, 2.75) is 51.7 Å². The van der Waals surface area contributed by atoms with Gasteiger partial charge >= 0.3 is 0 Å². The summed E-state index contributed by atoms with van der Waals surface area (Å²) in [5.41, 5.74) is 0. The molecule has 0 aliphatic heterocycles. The third-order valence-corrected chi connectivity index (χ3v) is 3.40. The van der Waals surface area contributed by atoms with Gasteiger partial charge in [0, 0.05) is 31.7 Å². The average molecular weight is 264 g/mol. The molecule has 2 N–H and O–H groups in total. The lowest BCUT2D eigenvalue weighted by molar-refractivity contribution is 0.0328. The predicted molar refractivity (Wildman–Crippen MR) is 77.7 cm³/mol. The number of aromatic nitrogens is 2. The first kappa shape index (κ1) is 14.1. The van der Waals surface area contributed by atoms with Crippen molar-refractivity contribution in [3.63, 3.8) is 0 Å². The molecule has 0 saturated heterocycles. The zero-order chi connectivity index (χ0) is 13.8. The van der Waals surface area contributed by atoms with Gasteiger partial charge in [-0.3, -0.25) is 0 Å². The van der Waals surface area contributed by atoms with Crippen molar-refractivity contribution in [3.8, 4) is 0 Å². The number of nitrogens with zero attached hydrogens (tertiary/aromatic N) is 2. The highest BCUT2D eigenvalue weighted by molar-refractivity contribution is 5.48. The van der Waals surface area contributed by atoms with Crippen LogP contribution in [0.15, 0.2) is 6.07 Å². The van der Waals surface area contributed by atoms with E-state index in [0.29, 0.717) is 18.1 Å². The molecule has 106 valence electrons. The van der Waals surface area contributed by atoms with E-state index >= 15 is 0 Å². The largest absolute Gasteiger partial charge is 0.381 e. The van der Waals surface area contributed by atoms with Gasteiger partial charge in [-0.05, 0) is 19.8 Å². The fourth-order valence-corrected chi connectivity index (χ4v) is 2.15. The fourth-order valence-electron chi connectivity index (χ4n) is 2.15. The highest BCUT2D eigenvalue weighted by atomic mass is 16.5. The van der Waals surface area contributed by atoms with Gasteiger partial charge in [-0.15, -0.1) is 0 Å². The van der Waals surface area contributed by atoms with Gasteiger partial charge in [-0.2, -0.15) is 0 Å². The van der Waals surface area contributed by atoms with Crippen molar-refractivity contribution in [1.29, 1.82) is 0 Å². The second-order valence-electron chi connectivity index (χ2n) is 5.35. The number of nitrogens with one attached hydrogen (secondary N) is 2. The SMILES string of the molecule is CCNc1cc(NC2CC(OC)C2)nc(C(C)C)n1. The van der Waals surface area contributed by atoms with Gasteiger partial charge in [-0.1, -0.05) is 13.8 Å². The molecule has 0 radical (unpaired) electrons. The molecule has 2 rings (SSSR count). The Balaban J connectivity index is 2.06. The van der Waals surface area contributed by atoms with E-state index in [-0.39, 0.29) is 0 Å². The lowest BCUT2D eigenvalue weighted by Crippen LogP contribution is -2.40. The summed E-state index contributed by atoms with van der Waals surface area (Å²) in [5.74, 6) is 3.01. The van der Waals surface area contributed by atoms with Crippen LogP contribution in [0.5, 0.6) is 0 Å². The topological polar surface area (TPSA) is 59.1 Å². The molecule has 1 fully saturated rings. The summed E-state index contributed by atoms with van der Waals surface area (Å²) in [4.78, 5) is 9.10. The minimum atomic E-state index is 0.326. The van der Waals surface area contributed by atoms with E-state index in [1.165, 1.54) is 0 Å². The summed E-state index contributed by atoms with van der Waals surface area (Å²) in [6.45, 7) is 7.15. The first-order valence-electron chi connectivity index (χ1n) is 7.04. The van der Waals surface area contributed by atoms with Crippen LogP contribution in [0, 0.1) is 0 Å². The molecular weight excluding hydrogens is 240 g/mol. The molecule has 0 atom stereocenters. The summed E-state index contributed by atoms with van der Waals surface area (Å²) >= 11 is 0. The molecule has 5 nitrogen and oxygen atoms in total. The van der Waals surface area contributed by atoms with Gasteiger partial charge in [0.1, 0.15) is 17.5 Å². The van der Waals surface area contributed by atoms with Crippen LogP contribution in [0.25, 0.3) is 0 Å². The third-order valence-electron chi connectivity index (χ3n) is 3.40. The van der Waals surface area contributed by atoms with Crippen molar-refractivity contribution >= 4 is 11.6 Å². The average Bonchev–Trinajstić information content (AvgIpc) is 2.33. The normalized spacial score (nSPS) is 22.2. The fraction of sp³-hybridized carbons (Fsp3) is 0.714. The minimum absolute atomic E-state index is 0.326. The van der Waals surface area contributed by atoms with E-state index in [1.54, 1.807) is 7.11 Å². The third kappa shape index (κ3) is 3.56. The maximum Gasteiger partial charge on any atom is 0.135 e. The molecule has 0 bridgehead atoms. The second-order valence-corrected chi connectivity index (χ2v) is 5.35. The molecule has 0 amide bonds. The number of anilines is 2. The maximum absolute atomic E-state index is 5.29. The molecule has 1 saturated carbocycles. The lowest BCUT2D eigenvalue weighted by Gasteiger charge is -2.35. The Bertz CT molecular complexity index is 416. The first-order chi connectivity index (χ1) is 9.12. The predicted octanol–water partition coefficient (Wildman–Crippen LogP) is 2.62. The summed E-state index contributed by atoms with van der Waals surface area (Å²) in [5, 5.41) is 6.72. The highest BCUT2D eigenvalue weighted by Gasteiger charge is 2.29. The van der Waals surface area contributed by atoms with Crippen molar-refractivity contribution in [1.82, 2.24) is 9.97 Å². The van der Waals surface area contributed by atoms with Crippen LogP contribution < -0.4 is 10.6 Å². The first-order valence-corrected chi connectivity index (χ1v) is 7.04. The summed E-state index contributed by atoms with van der Waals surface area (Å²) in [7, 11) is 1.77. The maximum atomic E-state index is 5.29.